The molecule has 0 unspecified atom stereocenters. The molecule has 0 aromatic carbocycles. The van der Waals surface area contributed by atoms with Gasteiger partial charge in [-0.1, -0.05) is 0 Å². The van der Waals surface area contributed by atoms with E-state index in [1.54, 1.807) is 0 Å². The Hall–Kier alpha value is -2.26. The minimum atomic E-state index is 0. The van der Waals surface area contributed by atoms with E-state index in [0.29, 0.717) is 0 Å². The second kappa shape index (κ2) is 246. The molecule has 13 heavy (non-hydrogen) atoms. The standard InChI is InChI=1S/4CHNO.Si/c4*2-1-3;/h4*2H;. The Kier molecular flexibility index (Phi) is 586. The van der Waals surface area contributed by atoms with Crippen LogP contribution in [0.25, 0.3) is 0 Å². The summed E-state index contributed by atoms with van der Waals surface area (Å²) >= 11 is 0. The zero-order valence-corrected chi connectivity index (χ0v) is 7.13. The van der Waals surface area contributed by atoms with Crippen LogP contribution in [0.2, 0.25) is 0 Å². The van der Waals surface area contributed by atoms with Gasteiger partial charge in [-0.15, -0.1) is 0 Å². The summed E-state index contributed by atoms with van der Waals surface area (Å²) in [6, 6.07) is 0. The van der Waals surface area contributed by atoms with Crippen LogP contribution in [0.5, 0.6) is 0 Å². The summed E-state index contributed by atoms with van der Waals surface area (Å²) in [6.07, 6.45) is 3.00. The number of isocyanates is 4. The first kappa shape index (κ1) is 30.9. The quantitative estimate of drug-likeness (QED) is 0.229. The third-order valence-electron chi connectivity index (χ3n) is 0. The van der Waals surface area contributed by atoms with Crippen molar-refractivity contribution in [2.75, 3.05) is 0 Å². The first-order valence-corrected chi connectivity index (χ1v) is 1.82. The molecule has 0 saturated heterocycles. The van der Waals surface area contributed by atoms with Crippen molar-refractivity contribution in [2.45, 2.75) is 0 Å². The first-order chi connectivity index (χ1) is 5.66. The number of rotatable bonds is 0. The average Bonchev–Trinajstić information content (AvgIpc) is 1.92. The second-order valence-corrected chi connectivity index (χ2v) is 0.408. The highest BCUT2D eigenvalue weighted by Gasteiger charge is 1.04. The largest absolute Gasteiger partial charge is 0.231 e. The molecule has 0 aliphatic heterocycles. The average molecular weight is 200 g/mol. The van der Waals surface area contributed by atoms with E-state index in [9.17, 15) is 0 Å². The van der Waals surface area contributed by atoms with Gasteiger partial charge in [-0.05, 0) is 0 Å². The highest BCUT2D eigenvalue weighted by molar-refractivity contribution is 5.75. The molecule has 4 N–H and O–H groups in total. The topological polar surface area (TPSA) is 164 Å². The SMILES string of the molecule is N=C=O.N=C=O.N=C=O.N=C=O.[Si]. The van der Waals surface area contributed by atoms with Crippen molar-refractivity contribution in [2.24, 2.45) is 0 Å². The lowest BCUT2D eigenvalue weighted by Gasteiger charge is -1.02. The third kappa shape index (κ3) is 114. The molecule has 0 bridgehead atoms. The van der Waals surface area contributed by atoms with Gasteiger partial charge in [0.05, 0.1) is 0 Å². The lowest BCUT2D eigenvalue weighted by atomic mass is 11.7. The van der Waals surface area contributed by atoms with Crippen LogP contribution in [0.4, 0.5) is 0 Å². The molecule has 0 amide bonds. The molecule has 68 valence electrons. The van der Waals surface area contributed by atoms with Crippen molar-refractivity contribution in [1.29, 1.82) is 21.6 Å². The maximum Gasteiger partial charge on any atom is 0.231 e. The lowest BCUT2D eigenvalue weighted by Crippen LogP contribution is -1.16. The van der Waals surface area contributed by atoms with Crippen LogP contribution >= 0.6 is 0 Å². The van der Waals surface area contributed by atoms with Gasteiger partial charge in [0.2, 0.25) is 24.3 Å². The minimum Gasteiger partial charge on any atom is -0.222 e. The van der Waals surface area contributed by atoms with Crippen molar-refractivity contribution in [1.82, 2.24) is 0 Å². The van der Waals surface area contributed by atoms with Crippen molar-refractivity contribution in [3.8, 4) is 0 Å². The number of carbonyl (C=O) groups excluding carboxylic acids is 4. The van der Waals surface area contributed by atoms with Crippen LogP contribution in [0.1, 0.15) is 0 Å². The summed E-state index contributed by atoms with van der Waals surface area (Å²) in [5.41, 5.74) is 0. The Bertz CT molecular complexity index is 156. The van der Waals surface area contributed by atoms with Crippen molar-refractivity contribution in [3.63, 3.8) is 0 Å². The van der Waals surface area contributed by atoms with Crippen LogP contribution in [0.15, 0.2) is 0 Å². The molecule has 8 nitrogen and oxygen atoms in total. The zero-order valence-electron chi connectivity index (χ0n) is 6.13. The summed E-state index contributed by atoms with van der Waals surface area (Å²) < 4.78 is 0. The predicted molar refractivity (Wildman–Crippen MR) is 39.4 cm³/mol. The summed E-state index contributed by atoms with van der Waals surface area (Å²) in [4.78, 5) is 33.4. The van der Waals surface area contributed by atoms with Gasteiger partial charge in [0.25, 0.3) is 0 Å². The summed E-state index contributed by atoms with van der Waals surface area (Å²) in [7, 11) is 0. The molecule has 0 atom stereocenters. The van der Waals surface area contributed by atoms with Crippen LogP contribution in [-0.2, 0) is 19.2 Å². The number of nitrogens with one attached hydrogen (secondary N) is 4. The van der Waals surface area contributed by atoms with Gasteiger partial charge >= 0.3 is 0 Å². The Morgan fingerprint density at radius 3 is 0.538 bits per heavy atom. The van der Waals surface area contributed by atoms with Gasteiger partial charge in [0.15, 0.2) is 0 Å². The first-order valence-electron chi connectivity index (χ1n) is 1.82. The van der Waals surface area contributed by atoms with E-state index >= 15 is 0 Å². The fourth-order valence-corrected chi connectivity index (χ4v) is 0. The molecule has 0 aliphatic carbocycles. The zero-order chi connectivity index (χ0) is 10.8. The fourth-order valence-electron chi connectivity index (χ4n) is 0. The molecular formula is C4H4N4O4Si. The minimum absolute atomic E-state index is 0. The van der Waals surface area contributed by atoms with E-state index in [1.807, 2.05) is 0 Å². The highest BCUT2D eigenvalue weighted by Crippen LogP contribution is 0.877. The maximum absolute atomic E-state index is 8.35. The normalized spacial score (nSPS) is 2.46. The van der Waals surface area contributed by atoms with Crippen LogP contribution < -0.4 is 0 Å². The molecule has 0 saturated carbocycles. The maximum atomic E-state index is 8.35. The van der Waals surface area contributed by atoms with Gasteiger partial charge in [-0.3, -0.25) is 0 Å². The van der Waals surface area contributed by atoms with E-state index in [2.05, 4.69) is 0 Å². The van der Waals surface area contributed by atoms with E-state index in [0.717, 1.165) is 24.3 Å². The lowest BCUT2D eigenvalue weighted by molar-refractivity contribution is 0.562. The van der Waals surface area contributed by atoms with Gasteiger partial charge in [0.1, 0.15) is 0 Å². The van der Waals surface area contributed by atoms with Crippen LogP contribution in [0, 0.1) is 21.6 Å². The molecule has 0 aromatic heterocycles. The smallest absolute Gasteiger partial charge is 0.222 e. The van der Waals surface area contributed by atoms with E-state index in [4.69, 9.17) is 40.8 Å². The van der Waals surface area contributed by atoms with Crippen LogP contribution in [0.3, 0.4) is 0 Å². The second-order valence-electron chi connectivity index (χ2n) is 0.408. The van der Waals surface area contributed by atoms with Crippen molar-refractivity contribution < 1.29 is 19.2 Å². The van der Waals surface area contributed by atoms with E-state index < -0.39 is 0 Å². The van der Waals surface area contributed by atoms with Gasteiger partial charge in [-0.2, -0.15) is 0 Å². The molecule has 0 heterocycles. The number of hydrogen-bond acceptors (Lipinski definition) is 8. The summed E-state index contributed by atoms with van der Waals surface area (Å²) in [5, 5.41) is 21.6. The molecule has 0 fully saturated rings. The monoisotopic (exact) mass is 200 g/mol. The Morgan fingerprint density at radius 1 is 0.538 bits per heavy atom. The Morgan fingerprint density at radius 2 is 0.538 bits per heavy atom. The molecule has 0 rings (SSSR count). The molecule has 0 aromatic rings. The van der Waals surface area contributed by atoms with Crippen molar-refractivity contribution >= 4 is 35.3 Å². The van der Waals surface area contributed by atoms with Crippen LogP contribution in [-0.4, -0.2) is 35.3 Å². The molecule has 4 radical (unpaired) electrons. The molecule has 0 aliphatic rings. The van der Waals surface area contributed by atoms with Gasteiger partial charge < -0.3 is 0 Å². The fraction of sp³-hybridized carbons (Fsp3) is 0. The predicted octanol–water partition coefficient (Wildman–Crippen LogP) is -0.777. The molecular weight excluding hydrogens is 196 g/mol. The Balaban J connectivity index is -0.0000000213. The molecule has 0 spiro atoms. The van der Waals surface area contributed by atoms with E-state index in [-0.39, 0.29) is 11.0 Å². The van der Waals surface area contributed by atoms with E-state index in [1.165, 1.54) is 0 Å². The third-order valence-corrected chi connectivity index (χ3v) is 0. The van der Waals surface area contributed by atoms with Crippen molar-refractivity contribution in [3.05, 3.63) is 0 Å². The summed E-state index contributed by atoms with van der Waals surface area (Å²) in [5.74, 6) is 0. The van der Waals surface area contributed by atoms with Gasteiger partial charge in [0, 0.05) is 11.0 Å². The number of hydrogen-bond donors (Lipinski definition) is 4. The molecule has 9 heteroatoms. The highest BCUT2D eigenvalue weighted by atomic mass is 28.1. The Labute approximate surface area is 77.0 Å². The van der Waals surface area contributed by atoms with Gasteiger partial charge in [-0.25, -0.2) is 40.8 Å². The summed E-state index contributed by atoms with van der Waals surface area (Å²) in [6.45, 7) is 0.